The number of aromatic nitrogens is 4. The number of para-hydroxylation sites is 2. The zero-order chi connectivity index (χ0) is 17.4. The number of aryl methyl sites for hydroxylation is 1. The SMILES string of the molecule is Cc1nnc(C2COCCN2C(=O)Cn2c(=O)[nH]c3ccccc32)o1. The number of ether oxygens (including phenoxy) is 1. The molecule has 1 saturated heterocycles. The lowest BCUT2D eigenvalue weighted by Gasteiger charge is -2.33. The maximum atomic E-state index is 12.9. The van der Waals surface area contributed by atoms with Crippen LogP contribution in [0, 0.1) is 6.92 Å². The molecule has 1 unspecified atom stereocenters. The summed E-state index contributed by atoms with van der Waals surface area (Å²) in [7, 11) is 0. The number of imidazole rings is 1. The first-order valence-electron chi connectivity index (χ1n) is 7.98. The predicted octanol–water partition coefficient (Wildman–Crippen LogP) is 0.621. The van der Waals surface area contributed by atoms with Crippen molar-refractivity contribution in [2.24, 2.45) is 0 Å². The topological polar surface area (TPSA) is 106 Å². The van der Waals surface area contributed by atoms with Crippen molar-refractivity contribution in [1.82, 2.24) is 24.6 Å². The molecule has 130 valence electrons. The van der Waals surface area contributed by atoms with Crippen LogP contribution in [0.4, 0.5) is 0 Å². The summed E-state index contributed by atoms with van der Waals surface area (Å²) in [5.74, 6) is 0.577. The van der Waals surface area contributed by atoms with Crippen molar-refractivity contribution in [3.05, 3.63) is 46.5 Å². The third-order valence-corrected chi connectivity index (χ3v) is 4.25. The number of nitrogens with zero attached hydrogens (tertiary/aromatic N) is 4. The molecule has 1 fully saturated rings. The molecule has 1 N–H and O–H groups in total. The van der Waals surface area contributed by atoms with Crippen molar-refractivity contribution >= 4 is 16.9 Å². The summed E-state index contributed by atoms with van der Waals surface area (Å²) in [6.07, 6.45) is 0. The number of amides is 1. The van der Waals surface area contributed by atoms with Crippen LogP contribution < -0.4 is 5.69 Å². The van der Waals surface area contributed by atoms with Crippen LogP contribution >= 0.6 is 0 Å². The van der Waals surface area contributed by atoms with Gasteiger partial charge in [-0.25, -0.2) is 4.79 Å². The summed E-state index contributed by atoms with van der Waals surface area (Å²) < 4.78 is 12.4. The van der Waals surface area contributed by atoms with E-state index in [1.54, 1.807) is 24.0 Å². The second-order valence-electron chi connectivity index (χ2n) is 5.87. The molecule has 0 aliphatic carbocycles. The van der Waals surface area contributed by atoms with E-state index in [0.29, 0.717) is 36.0 Å². The molecule has 0 spiro atoms. The number of aromatic amines is 1. The van der Waals surface area contributed by atoms with Crippen LogP contribution in [0.25, 0.3) is 11.0 Å². The van der Waals surface area contributed by atoms with E-state index in [2.05, 4.69) is 15.2 Å². The Bertz CT molecular complexity index is 972. The molecule has 1 amide bonds. The zero-order valence-corrected chi connectivity index (χ0v) is 13.6. The third-order valence-electron chi connectivity index (χ3n) is 4.25. The van der Waals surface area contributed by atoms with Gasteiger partial charge in [0.25, 0.3) is 0 Å². The number of hydrogen-bond acceptors (Lipinski definition) is 6. The Balaban J connectivity index is 1.62. The van der Waals surface area contributed by atoms with Gasteiger partial charge < -0.3 is 19.0 Å². The highest BCUT2D eigenvalue weighted by atomic mass is 16.5. The normalized spacial score (nSPS) is 18.0. The number of hydrogen-bond donors (Lipinski definition) is 1. The molecular weight excluding hydrogens is 326 g/mol. The molecule has 0 bridgehead atoms. The fourth-order valence-corrected chi connectivity index (χ4v) is 3.04. The molecular formula is C16H17N5O4. The summed E-state index contributed by atoms with van der Waals surface area (Å²) in [5.41, 5.74) is 1.08. The summed E-state index contributed by atoms with van der Waals surface area (Å²) in [6, 6.07) is 6.83. The summed E-state index contributed by atoms with van der Waals surface area (Å²) in [6.45, 7) is 2.75. The Morgan fingerprint density at radius 2 is 2.20 bits per heavy atom. The summed E-state index contributed by atoms with van der Waals surface area (Å²) in [5, 5.41) is 7.82. The minimum atomic E-state index is -0.441. The van der Waals surface area contributed by atoms with E-state index in [-0.39, 0.29) is 24.7 Å². The minimum absolute atomic E-state index is 0.0630. The van der Waals surface area contributed by atoms with Gasteiger partial charge in [0.2, 0.25) is 17.7 Å². The number of carbonyl (C=O) groups excluding carboxylic acids is 1. The van der Waals surface area contributed by atoms with Crippen LogP contribution in [0.1, 0.15) is 17.8 Å². The fourth-order valence-electron chi connectivity index (χ4n) is 3.04. The third kappa shape index (κ3) is 2.82. The van der Waals surface area contributed by atoms with Gasteiger partial charge in [0.05, 0.1) is 24.2 Å². The predicted molar refractivity (Wildman–Crippen MR) is 86.9 cm³/mol. The molecule has 9 heteroatoms. The van der Waals surface area contributed by atoms with E-state index in [4.69, 9.17) is 9.15 Å². The molecule has 1 aliphatic rings. The van der Waals surface area contributed by atoms with Crippen molar-refractivity contribution in [3.8, 4) is 0 Å². The Morgan fingerprint density at radius 3 is 3.00 bits per heavy atom. The highest BCUT2D eigenvalue weighted by Gasteiger charge is 2.32. The molecule has 2 aromatic heterocycles. The van der Waals surface area contributed by atoms with Gasteiger partial charge in [-0.3, -0.25) is 9.36 Å². The molecule has 1 aromatic carbocycles. The lowest BCUT2D eigenvalue weighted by Crippen LogP contribution is -2.45. The Morgan fingerprint density at radius 1 is 1.36 bits per heavy atom. The number of benzene rings is 1. The van der Waals surface area contributed by atoms with Gasteiger partial charge in [-0.2, -0.15) is 0 Å². The molecule has 3 aromatic rings. The maximum Gasteiger partial charge on any atom is 0.326 e. The molecule has 3 heterocycles. The van der Waals surface area contributed by atoms with Crippen LogP contribution in [-0.4, -0.2) is 50.3 Å². The Kier molecular flexibility index (Phi) is 3.85. The number of carbonyl (C=O) groups is 1. The largest absolute Gasteiger partial charge is 0.423 e. The van der Waals surface area contributed by atoms with Gasteiger partial charge in [-0.1, -0.05) is 12.1 Å². The van der Waals surface area contributed by atoms with Gasteiger partial charge in [-0.05, 0) is 12.1 Å². The average Bonchev–Trinajstić information content (AvgIpc) is 3.19. The Labute approximate surface area is 142 Å². The number of rotatable bonds is 3. The lowest BCUT2D eigenvalue weighted by atomic mass is 10.2. The number of H-pyrrole nitrogens is 1. The highest BCUT2D eigenvalue weighted by molar-refractivity contribution is 5.80. The van der Waals surface area contributed by atoms with Crippen molar-refractivity contribution in [2.75, 3.05) is 19.8 Å². The smallest absolute Gasteiger partial charge is 0.326 e. The highest BCUT2D eigenvalue weighted by Crippen LogP contribution is 2.23. The van der Waals surface area contributed by atoms with Crippen LogP contribution in [0.2, 0.25) is 0 Å². The second kappa shape index (κ2) is 6.17. The molecule has 0 radical (unpaired) electrons. The first-order valence-corrected chi connectivity index (χ1v) is 7.98. The fraction of sp³-hybridized carbons (Fsp3) is 0.375. The Hall–Kier alpha value is -2.94. The van der Waals surface area contributed by atoms with Gasteiger partial charge in [0.1, 0.15) is 12.6 Å². The second-order valence-corrected chi connectivity index (χ2v) is 5.87. The molecule has 4 rings (SSSR count). The number of nitrogens with one attached hydrogen (secondary N) is 1. The summed E-state index contributed by atoms with van der Waals surface area (Å²) >= 11 is 0. The van der Waals surface area contributed by atoms with E-state index in [1.807, 2.05) is 12.1 Å². The lowest BCUT2D eigenvalue weighted by molar-refractivity contribution is -0.141. The average molecular weight is 343 g/mol. The van der Waals surface area contributed by atoms with Crippen molar-refractivity contribution in [3.63, 3.8) is 0 Å². The minimum Gasteiger partial charge on any atom is -0.423 e. The molecule has 1 atom stereocenters. The van der Waals surface area contributed by atoms with Crippen LogP contribution in [0.5, 0.6) is 0 Å². The molecule has 0 saturated carbocycles. The standard InChI is InChI=1S/C16H17N5O4/c1-10-18-19-15(25-10)13-9-24-7-6-20(13)14(22)8-21-12-5-3-2-4-11(12)17-16(21)23/h2-5,13H,6-9H2,1H3,(H,17,23). The first kappa shape index (κ1) is 15.6. The van der Waals surface area contributed by atoms with Crippen LogP contribution in [0.3, 0.4) is 0 Å². The molecule has 25 heavy (non-hydrogen) atoms. The maximum absolute atomic E-state index is 12.9. The summed E-state index contributed by atoms with van der Waals surface area (Å²) in [4.78, 5) is 29.4. The van der Waals surface area contributed by atoms with E-state index in [1.165, 1.54) is 4.57 Å². The van der Waals surface area contributed by atoms with Crippen molar-refractivity contribution in [2.45, 2.75) is 19.5 Å². The van der Waals surface area contributed by atoms with Crippen molar-refractivity contribution < 1.29 is 13.9 Å². The van der Waals surface area contributed by atoms with Crippen molar-refractivity contribution in [1.29, 1.82) is 0 Å². The van der Waals surface area contributed by atoms with Crippen LogP contribution in [0.15, 0.2) is 33.5 Å². The van der Waals surface area contributed by atoms with E-state index < -0.39 is 6.04 Å². The van der Waals surface area contributed by atoms with E-state index in [0.717, 1.165) is 0 Å². The van der Waals surface area contributed by atoms with E-state index in [9.17, 15) is 9.59 Å². The molecule has 1 aliphatic heterocycles. The van der Waals surface area contributed by atoms with Gasteiger partial charge >= 0.3 is 5.69 Å². The van der Waals surface area contributed by atoms with Gasteiger partial charge in [0, 0.05) is 13.5 Å². The number of morpholine rings is 1. The quantitative estimate of drug-likeness (QED) is 0.747. The van der Waals surface area contributed by atoms with Crippen LogP contribution in [-0.2, 0) is 16.1 Å². The molecule has 9 nitrogen and oxygen atoms in total. The zero-order valence-electron chi connectivity index (χ0n) is 13.6. The van der Waals surface area contributed by atoms with Gasteiger partial charge in [0.15, 0.2) is 0 Å². The van der Waals surface area contributed by atoms with E-state index >= 15 is 0 Å². The monoisotopic (exact) mass is 343 g/mol. The first-order chi connectivity index (χ1) is 12.1. The number of fused-ring (bicyclic) bond motifs is 1. The van der Waals surface area contributed by atoms with Gasteiger partial charge in [-0.15, -0.1) is 10.2 Å².